The van der Waals surface area contributed by atoms with Crippen LogP contribution in [0.5, 0.6) is 0 Å². The van der Waals surface area contributed by atoms with Crippen LogP contribution in [0.4, 0.5) is 5.69 Å². The predicted molar refractivity (Wildman–Crippen MR) is 68.9 cm³/mol. The molecule has 0 spiro atoms. The smallest absolute Gasteiger partial charge is 0.0837 e. The van der Waals surface area contributed by atoms with Crippen molar-refractivity contribution >= 4 is 17.0 Å². The third kappa shape index (κ3) is 2.62. The van der Waals surface area contributed by atoms with Crippen molar-refractivity contribution in [2.24, 2.45) is 0 Å². The fraction of sp³-hybridized carbons (Fsp3) is 0.231. The van der Waals surface area contributed by atoms with Crippen molar-refractivity contribution in [2.75, 3.05) is 11.9 Å². The third-order valence-electron chi connectivity index (χ3n) is 2.40. The van der Waals surface area contributed by atoms with Gasteiger partial charge in [-0.15, -0.1) is 11.3 Å². The fourth-order valence-corrected chi connectivity index (χ4v) is 2.50. The molecule has 3 heteroatoms. The summed E-state index contributed by atoms with van der Waals surface area (Å²) in [5, 5.41) is 12.7. The van der Waals surface area contributed by atoms with Crippen molar-refractivity contribution in [3.8, 4) is 0 Å². The lowest BCUT2D eigenvalue weighted by molar-refractivity contribution is 0.278. The Morgan fingerprint density at radius 3 is 2.50 bits per heavy atom. The highest BCUT2D eigenvalue weighted by Crippen LogP contribution is 2.25. The summed E-state index contributed by atoms with van der Waals surface area (Å²) in [5.41, 5.74) is 1.03. The highest BCUT2D eigenvalue weighted by Gasteiger charge is 2.11. The lowest BCUT2D eigenvalue weighted by Gasteiger charge is -2.15. The number of rotatable bonds is 4. The van der Waals surface area contributed by atoms with Gasteiger partial charge in [-0.05, 0) is 31.2 Å². The molecule has 2 nitrogen and oxygen atoms in total. The monoisotopic (exact) mass is 233 g/mol. The first-order valence-electron chi connectivity index (χ1n) is 5.28. The van der Waals surface area contributed by atoms with Gasteiger partial charge in [0.05, 0.1) is 12.6 Å². The maximum atomic E-state index is 9.39. The summed E-state index contributed by atoms with van der Waals surface area (Å²) in [5.74, 6) is 0. The Morgan fingerprint density at radius 1 is 1.19 bits per heavy atom. The number of thiophene rings is 1. The molecule has 0 amide bonds. The number of hydrogen-bond donors (Lipinski definition) is 2. The molecule has 1 aromatic heterocycles. The zero-order valence-corrected chi connectivity index (χ0v) is 10.00. The van der Waals surface area contributed by atoms with E-state index in [1.807, 2.05) is 30.3 Å². The van der Waals surface area contributed by atoms with Gasteiger partial charge in [-0.2, -0.15) is 0 Å². The molecule has 0 saturated carbocycles. The molecule has 16 heavy (non-hydrogen) atoms. The molecule has 1 aromatic carbocycles. The fourth-order valence-electron chi connectivity index (χ4n) is 1.58. The predicted octanol–water partition coefficient (Wildman–Crippen LogP) is 3.20. The summed E-state index contributed by atoms with van der Waals surface area (Å²) >= 11 is 1.72. The summed E-state index contributed by atoms with van der Waals surface area (Å²) in [4.78, 5) is 2.44. The summed E-state index contributed by atoms with van der Waals surface area (Å²) in [7, 11) is 0. The third-order valence-corrected chi connectivity index (χ3v) is 3.52. The number of benzene rings is 1. The molecule has 0 aliphatic carbocycles. The van der Waals surface area contributed by atoms with E-state index in [1.165, 1.54) is 9.75 Å². The molecule has 84 valence electrons. The molecule has 1 atom stereocenters. The van der Waals surface area contributed by atoms with Gasteiger partial charge in [-0.1, -0.05) is 18.2 Å². The Hall–Kier alpha value is -1.32. The second-order valence-electron chi connectivity index (χ2n) is 3.69. The van der Waals surface area contributed by atoms with Crippen molar-refractivity contribution in [2.45, 2.75) is 13.0 Å². The first kappa shape index (κ1) is 11.2. The van der Waals surface area contributed by atoms with Gasteiger partial charge < -0.3 is 10.4 Å². The number of hydrogen-bond acceptors (Lipinski definition) is 3. The van der Waals surface area contributed by atoms with Crippen LogP contribution in [0, 0.1) is 6.92 Å². The van der Waals surface area contributed by atoms with Crippen LogP contribution in [0.1, 0.15) is 15.8 Å². The number of para-hydroxylation sites is 1. The minimum absolute atomic E-state index is 0.0129. The van der Waals surface area contributed by atoms with Crippen LogP contribution in [0.3, 0.4) is 0 Å². The van der Waals surface area contributed by atoms with Crippen LogP contribution >= 0.6 is 11.3 Å². The first-order chi connectivity index (χ1) is 7.79. The molecule has 0 aliphatic heterocycles. The van der Waals surface area contributed by atoms with Gasteiger partial charge in [-0.3, -0.25) is 0 Å². The van der Waals surface area contributed by atoms with E-state index in [0.717, 1.165) is 5.69 Å². The second kappa shape index (κ2) is 5.14. The molecular weight excluding hydrogens is 218 g/mol. The van der Waals surface area contributed by atoms with Gasteiger partial charge in [0.1, 0.15) is 0 Å². The summed E-state index contributed by atoms with van der Waals surface area (Å²) < 4.78 is 0. The van der Waals surface area contributed by atoms with E-state index in [4.69, 9.17) is 0 Å². The lowest BCUT2D eigenvalue weighted by Crippen LogP contribution is -2.13. The molecular formula is C13H15NOS. The highest BCUT2D eigenvalue weighted by atomic mass is 32.1. The SMILES string of the molecule is Cc1ccc(C(CO)Nc2ccccc2)s1. The van der Waals surface area contributed by atoms with E-state index in [1.54, 1.807) is 11.3 Å². The maximum absolute atomic E-state index is 9.39. The Bertz CT molecular complexity index is 438. The zero-order valence-electron chi connectivity index (χ0n) is 9.18. The molecule has 2 rings (SSSR count). The number of nitrogens with one attached hydrogen (secondary N) is 1. The molecule has 1 unspecified atom stereocenters. The van der Waals surface area contributed by atoms with Crippen LogP contribution in [-0.2, 0) is 0 Å². The summed E-state index contributed by atoms with van der Waals surface area (Å²) in [6.07, 6.45) is 0. The van der Waals surface area contributed by atoms with E-state index < -0.39 is 0 Å². The van der Waals surface area contributed by atoms with Gasteiger partial charge >= 0.3 is 0 Å². The van der Waals surface area contributed by atoms with Crippen LogP contribution in [0.2, 0.25) is 0 Å². The standard InChI is InChI=1S/C13H15NOS/c1-10-7-8-13(16-10)12(9-15)14-11-5-3-2-4-6-11/h2-8,12,14-15H,9H2,1H3. The van der Waals surface area contributed by atoms with Crippen molar-refractivity contribution in [1.29, 1.82) is 0 Å². The normalized spacial score (nSPS) is 12.4. The molecule has 2 N–H and O–H groups in total. The highest BCUT2D eigenvalue weighted by molar-refractivity contribution is 7.12. The Kier molecular flexibility index (Phi) is 3.59. The topological polar surface area (TPSA) is 32.3 Å². The van der Waals surface area contributed by atoms with Crippen molar-refractivity contribution in [3.05, 3.63) is 52.2 Å². The minimum atomic E-state index is -0.0129. The zero-order chi connectivity index (χ0) is 11.4. The number of aliphatic hydroxyl groups is 1. The van der Waals surface area contributed by atoms with Crippen LogP contribution in [0.15, 0.2) is 42.5 Å². The minimum Gasteiger partial charge on any atom is -0.394 e. The van der Waals surface area contributed by atoms with E-state index in [0.29, 0.717) is 0 Å². The van der Waals surface area contributed by atoms with Gasteiger partial charge in [0.15, 0.2) is 0 Å². The molecule has 0 bridgehead atoms. The summed E-state index contributed by atoms with van der Waals surface area (Å²) in [6.45, 7) is 2.18. The van der Waals surface area contributed by atoms with Gasteiger partial charge in [0.2, 0.25) is 0 Å². The molecule has 1 heterocycles. The molecule has 0 fully saturated rings. The molecule has 0 aliphatic rings. The Balaban J connectivity index is 2.12. The molecule has 0 radical (unpaired) electrons. The first-order valence-corrected chi connectivity index (χ1v) is 6.10. The van der Waals surface area contributed by atoms with Crippen molar-refractivity contribution in [1.82, 2.24) is 0 Å². The van der Waals surface area contributed by atoms with E-state index >= 15 is 0 Å². The van der Waals surface area contributed by atoms with Crippen LogP contribution < -0.4 is 5.32 Å². The molecule has 0 saturated heterocycles. The van der Waals surface area contributed by atoms with E-state index in [2.05, 4.69) is 24.4 Å². The van der Waals surface area contributed by atoms with E-state index in [9.17, 15) is 5.11 Å². The molecule has 2 aromatic rings. The lowest BCUT2D eigenvalue weighted by atomic mass is 10.2. The summed E-state index contributed by atoms with van der Waals surface area (Å²) in [6, 6.07) is 14.1. The maximum Gasteiger partial charge on any atom is 0.0837 e. The largest absolute Gasteiger partial charge is 0.394 e. The number of aliphatic hydroxyl groups excluding tert-OH is 1. The number of aryl methyl sites for hydroxylation is 1. The van der Waals surface area contributed by atoms with Crippen molar-refractivity contribution < 1.29 is 5.11 Å². The van der Waals surface area contributed by atoms with E-state index in [-0.39, 0.29) is 12.6 Å². The average molecular weight is 233 g/mol. The number of anilines is 1. The average Bonchev–Trinajstić information content (AvgIpc) is 2.74. The van der Waals surface area contributed by atoms with Crippen LogP contribution in [0.25, 0.3) is 0 Å². The van der Waals surface area contributed by atoms with Gasteiger partial charge in [-0.25, -0.2) is 0 Å². The Morgan fingerprint density at radius 2 is 1.94 bits per heavy atom. The van der Waals surface area contributed by atoms with Crippen molar-refractivity contribution in [3.63, 3.8) is 0 Å². The Labute approximate surface area is 99.6 Å². The quantitative estimate of drug-likeness (QED) is 0.850. The second-order valence-corrected chi connectivity index (χ2v) is 5.01. The van der Waals surface area contributed by atoms with Gasteiger partial charge in [0, 0.05) is 15.4 Å². The van der Waals surface area contributed by atoms with Gasteiger partial charge in [0.25, 0.3) is 0 Å². The van der Waals surface area contributed by atoms with Crippen LogP contribution in [-0.4, -0.2) is 11.7 Å².